The van der Waals surface area contributed by atoms with Crippen LogP contribution in [-0.4, -0.2) is 17.9 Å². The van der Waals surface area contributed by atoms with Crippen molar-refractivity contribution in [3.8, 4) is 0 Å². The van der Waals surface area contributed by atoms with Crippen molar-refractivity contribution >= 4 is 23.4 Å². The van der Waals surface area contributed by atoms with E-state index in [-0.39, 0.29) is 12.0 Å². The van der Waals surface area contributed by atoms with E-state index in [9.17, 15) is 18.4 Å². The third kappa shape index (κ3) is 5.26. The maximum Gasteiger partial charge on any atom is 0.257 e. The van der Waals surface area contributed by atoms with Gasteiger partial charge in [-0.1, -0.05) is 43.6 Å². The predicted octanol–water partition coefficient (Wildman–Crippen LogP) is 4.25. The Kier molecular flexibility index (Phi) is 6.91. The van der Waals surface area contributed by atoms with Crippen LogP contribution in [0.1, 0.15) is 42.7 Å². The van der Waals surface area contributed by atoms with Crippen molar-refractivity contribution in [2.24, 2.45) is 5.92 Å². The first-order valence-electron chi connectivity index (χ1n) is 8.51. The Morgan fingerprint density at radius 1 is 0.926 bits per heavy atom. The van der Waals surface area contributed by atoms with Crippen LogP contribution in [0.25, 0.3) is 0 Å². The smallest absolute Gasteiger partial charge is 0.257 e. The van der Waals surface area contributed by atoms with Crippen LogP contribution in [-0.2, 0) is 4.79 Å². The van der Waals surface area contributed by atoms with Crippen molar-refractivity contribution in [1.82, 2.24) is 10.6 Å². The van der Waals surface area contributed by atoms with Gasteiger partial charge in [0.05, 0.1) is 6.04 Å². The molecule has 7 heteroatoms. The van der Waals surface area contributed by atoms with E-state index in [2.05, 4.69) is 10.6 Å². The lowest BCUT2D eigenvalue weighted by molar-refractivity contribution is -0.124. The highest BCUT2D eigenvalue weighted by atomic mass is 35.5. The van der Waals surface area contributed by atoms with Crippen molar-refractivity contribution < 1.29 is 18.4 Å². The number of amides is 2. The zero-order chi connectivity index (χ0) is 20.1. The van der Waals surface area contributed by atoms with Gasteiger partial charge in [-0.2, -0.15) is 0 Å². The van der Waals surface area contributed by atoms with E-state index < -0.39 is 35.1 Å². The molecule has 0 fully saturated rings. The molecular weight excluding hydrogens is 374 g/mol. The molecule has 0 aliphatic carbocycles. The number of nitrogens with one attached hydrogen (secondary N) is 2. The normalized spacial score (nSPS) is 13.1. The first kappa shape index (κ1) is 20.8. The number of rotatable bonds is 6. The molecule has 2 unspecified atom stereocenters. The van der Waals surface area contributed by atoms with Gasteiger partial charge in [0.25, 0.3) is 5.91 Å². The first-order chi connectivity index (χ1) is 12.7. The summed E-state index contributed by atoms with van der Waals surface area (Å²) in [6.07, 6.45) is 0. The first-order valence-corrected chi connectivity index (χ1v) is 8.89. The molecule has 0 aliphatic heterocycles. The molecule has 2 aromatic rings. The van der Waals surface area contributed by atoms with Crippen LogP contribution in [0, 0.1) is 17.6 Å². The third-order valence-electron chi connectivity index (χ3n) is 4.15. The molecule has 0 saturated heterocycles. The topological polar surface area (TPSA) is 58.2 Å². The molecule has 0 heterocycles. The van der Waals surface area contributed by atoms with Crippen LogP contribution in [0.5, 0.6) is 0 Å². The van der Waals surface area contributed by atoms with Crippen LogP contribution in [0.2, 0.25) is 5.02 Å². The average Bonchev–Trinajstić information content (AvgIpc) is 2.59. The molecule has 2 rings (SSSR count). The van der Waals surface area contributed by atoms with E-state index in [4.69, 9.17) is 11.6 Å². The molecule has 0 radical (unpaired) electrons. The maximum atomic E-state index is 13.8. The SMILES string of the molecule is CC(NC(=O)C(NC(=O)c1c(F)cccc1F)C(C)C)c1ccc(Cl)cc1. The minimum absolute atomic E-state index is 0.291. The lowest BCUT2D eigenvalue weighted by Gasteiger charge is -2.24. The van der Waals surface area contributed by atoms with E-state index in [1.54, 1.807) is 45.0 Å². The molecule has 0 saturated carbocycles. The van der Waals surface area contributed by atoms with Gasteiger partial charge in [-0.3, -0.25) is 9.59 Å². The Morgan fingerprint density at radius 3 is 2.00 bits per heavy atom. The van der Waals surface area contributed by atoms with Crippen LogP contribution in [0.15, 0.2) is 42.5 Å². The molecule has 27 heavy (non-hydrogen) atoms. The maximum absolute atomic E-state index is 13.8. The number of hydrogen-bond donors (Lipinski definition) is 2. The van der Waals surface area contributed by atoms with E-state index >= 15 is 0 Å². The van der Waals surface area contributed by atoms with E-state index in [1.807, 2.05) is 0 Å². The minimum Gasteiger partial charge on any atom is -0.348 e. The van der Waals surface area contributed by atoms with Crippen molar-refractivity contribution in [2.45, 2.75) is 32.9 Å². The van der Waals surface area contributed by atoms with Gasteiger partial charge in [0.2, 0.25) is 5.91 Å². The Hall–Kier alpha value is -2.47. The van der Waals surface area contributed by atoms with Gasteiger partial charge in [0.15, 0.2) is 0 Å². The largest absolute Gasteiger partial charge is 0.348 e. The van der Waals surface area contributed by atoms with Gasteiger partial charge in [-0.15, -0.1) is 0 Å². The van der Waals surface area contributed by atoms with E-state index in [0.717, 1.165) is 17.7 Å². The summed E-state index contributed by atoms with van der Waals surface area (Å²) < 4.78 is 27.6. The number of carbonyl (C=O) groups excluding carboxylic acids is 2. The number of hydrogen-bond acceptors (Lipinski definition) is 2. The molecule has 144 valence electrons. The highest BCUT2D eigenvalue weighted by molar-refractivity contribution is 6.30. The van der Waals surface area contributed by atoms with Crippen molar-refractivity contribution in [3.05, 3.63) is 70.2 Å². The summed E-state index contributed by atoms with van der Waals surface area (Å²) in [4.78, 5) is 24.9. The molecule has 2 atom stereocenters. The molecular formula is C20H21ClF2N2O2. The Morgan fingerprint density at radius 2 is 1.48 bits per heavy atom. The van der Waals surface area contributed by atoms with Gasteiger partial charge in [-0.05, 0) is 42.7 Å². The fraction of sp³-hybridized carbons (Fsp3) is 0.300. The molecule has 0 aromatic heterocycles. The molecule has 2 amide bonds. The second kappa shape index (κ2) is 8.95. The Labute approximate surface area is 161 Å². The van der Waals surface area contributed by atoms with Crippen molar-refractivity contribution in [2.75, 3.05) is 0 Å². The van der Waals surface area contributed by atoms with Crippen LogP contribution in [0.4, 0.5) is 8.78 Å². The molecule has 0 spiro atoms. The predicted molar refractivity (Wildman–Crippen MR) is 100 cm³/mol. The number of halogens is 3. The van der Waals surface area contributed by atoms with Crippen molar-refractivity contribution in [1.29, 1.82) is 0 Å². The summed E-state index contributed by atoms with van der Waals surface area (Å²) >= 11 is 5.86. The average molecular weight is 395 g/mol. The van der Waals surface area contributed by atoms with Gasteiger partial charge < -0.3 is 10.6 Å². The molecule has 2 aromatic carbocycles. The Balaban J connectivity index is 2.13. The molecule has 0 aliphatic rings. The van der Waals surface area contributed by atoms with Crippen molar-refractivity contribution in [3.63, 3.8) is 0 Å². The van der Waals surface area contributed by atoms with Crippen LogP contribution < -0.4 is 10.6 Å². The summed E-state index contributed by atoms with van der Waals surface area (Å²) in [7, 11) is 0. The summed E-state index contributed by atoms with van der Waals surface area (Å²) in [6.45, 7) is 5.25. The van der Waals surface area contributed by atoms with E-state index in [0.29, 0.717) is 5.02 Å². The van der Waals surface area contributed by atoms with Crippen LogP contribution in [0.3, 0.4) is 0 Å². The van der Waals surface area contributed by atoms with Gasteiger partial charge in [-0.25, -0.2) is 8.78 Å². The zero-order valence-electron chi connectivity index (χ0n) is 15.2. The second-order valence-corrected chi connectivity index (χ2v) is 7.01. The van der Waals surface area contributed by atoms with Crippen LogP contribution >= 0.6 is 11.6 Å². The standard InChI is InChI=1S/C20H21ClF2N2O2/c1-11(2)18(25-19(26)17-15(22)5-4-6-16(17)23)20(27)24-12(3)13-7-9-14(21)10-8-13/h4-12,18H,1-3H3,(H,24,27)(H,25,26). The van der Waals surface area contributed by atoms with Gasteiger partial charge >= 0.3 is 0 Å². The number of carbonyl (C=O) groups is 2. The lowest BCUT2D eigenvalue weighted by Crippen LogP contribution is -2.50. The lowest BCUT2D eigenvalue weighted by atomic mass is 10.0. The quantitative estimate of drug-likeness (QED) is 0.769. The highest BCUT2D eigenvalue weighted by Crippen LogP contribution is 2.17. The summed E-state index contributed by atoms with van der Waals surface area (Å²) in [5.74, 6) is -3.67. The summed E-state index contributed by atoms with van der Waals surface area (Å²) in [5, 5.41) is 5.81. The highest BCUT2D eigenvalue weighted by Gasteiger charge is 2.28. The fourth-order valence-corrected chi connectivity index (χ4v) is 2.73. The fourth-order valence-electron chi connectivity index (χ4n) is 2.60. The summed E-state index contributed by atoms with van der Waals surface area (Å²) in [5.41, 5.74) is 0.128. The molecule has 0 bridgehead atoms. The monoisotopic (exact) mass is 394 g/mol. The summed E-state index contributed by atoms with van der Waals surface area (Å²) in [6, 6.07) is 8.85. The van der Waals surface area contributed by atoms with E-state index in [1.165, 1.54) is 6.07 Å². The number of benzene rings is 2. The minimum atomic E-state index is -0.982. The third-order valence-corrected chi connectivity index (χ3v) is 4.41. The van der Waals surface area contributed by atoms with Gasteiger partial charge in [0, 0.05) is 5.02 Å². The Bertz CT molecular complexity index is 805. The molecule has 4 nitrogen and oxygen atoms in total. The molecule has 2 N–H and O–H groups in total. The second-order valence-electron chi connectivity index (χ2n) is 6.57. The van der Waals surface area contributed by atoms with Gasteiger partial charge in [0.1, 0.15) is 23.2 Å². The zero-order valence-corrected chi connectivity index (χ0v) is 16.0.